The summed E-state index contributed by atoms with van der Waals surface area (Å²) < 4.78 is 10.0. The van der Waals surface area contributed by atoms with Crippen LogP contribution in [0.5, 0.6) is 5.75 Å². The van der Waals surface area contributed by atoms with Crippen LogP contribution in [0.3, 0.4) is 0 Å². The Morgan fingerprint density at radius 2 is 1.82 bits per heavy atom. The minimum atomic E-state index is -1.55. The highest BCUT2D eigenvalue weighted by Gasteiger charge is 2.43. The molecule has 0 amide bonds. The van der Waals surface area contributed by atoms with Crippen molar-refractivity contribution in [2.45, 2.75) is 37.6 Å². The first kappa shape index (κ1) is 16.4. The van der Waals surface area contributed by atoms with E-state index in [0.717, 1.165) is 6.08 Å². The van der Waals surface area contributed by atoms with Gasteiger partial charge in [0, 0.05) is 6.08 Å². The van der Waals surface area contributed by atoms with Gasteiger partial charge in [0.1, 0.15) is 18.0 Å². The molecule has 0 aromatic heterocycles. The molecule has 2 rings (SSSR count). The number of carbonyl (C=O) groups is 1. The molecule has 7 nitrogen and oxygen atoms in total. The minimum Gasteiger partial charge on any atom is -0.508 e. The van der Waals surface area contributed by atoms with E-state index in [2.05, 4.69) is 0 Å². The second kappa shape index (κ2) is 6.89. The summed E-state index contributed by atoms with van der Waals surface area (Å²) in [5, 5.41) is 37.8. The lowest BCUT2D eigenvalue weighted by molar-refractivity contribution is -0.280. The average molecular weight is 310 g/mol. The van der Waals surface area contributed by atoms with Gasteiger partial charge in [0.05, 0.1) is 6.10 Å². The molecule has 1 saturated heterocycles. The van der Waals surface area contributed by atoms with Crippen molar-refractivity contribution in [2.75, 3.05) is 0 Å². The molecule has 22 heavy (non-hydrogen) atoms. The van der Waals surface area contributed by atoms with Gasteiger partial charge in [-0.1, -0.05) is 12.1 Å². The van der Waals surface area contributed by atoms with Gasteiger partial charge in [0.15, 0.2) is 12.4 Å². The third kappa shape index (κ3) is 3.83. The maximum atomic E-state index is 11.8. The molecule has 0 spiro atoms. The van der Waals surface area contributed by atoms with E-state index in [4.69, 9.17) is 14.6 Å². The summed E-state index contributed by atoms with van der Waals surface area (Å²) in [6.45, 7) is 1.51. The molecule has 7 heteroatoms. The SMILES string of the molecule is C[C@@H]1O[C@@H](O)[C@H](O)[C@H](O)[C@H]1OC(=O)/C=C/c1ccc(O)cc1. The summed E-state index contributed by atoms with van der Waals surface area (Å²) in [4.78, 5) is 11.8. The number of phenolic OH excluding ortho intramolecular Hbond substituents is 1. The number of rotatable bonds is 3. The lowest BCUT2D eigenvalue weighted by atomic mass is 10.00. The number of hydrogen-bond donors (Lipinski definition) is 4. The molecule has 0 bridgehead atoms. The van der Waals surface area contributed by atoms with Crippen molar-refractivity contribution in [1.29, 1.82) is 0 Å². The highest BCUT2D eigenvalue weighted by Crippen LogP contribution is 2.22. The number of esters is 1. The fraction of sp³-hybridized carbons (Fsp3) is 0.400. The Balaban J connectivity index is 1.97. The van der Waals surface area contributed by atoms with E-state index in [9.17, 15) is 20.1 Å². The Labute approximate surface area is 127 Å². The third-order valence-electron chi connectivity index (χ3n) is 3.35. The number of aromatic hydroxyl groups is 1. The van der Waals surface area contributed by atoms with Gasteiger partial charge in [-0.2, -0.15) is 0 Å². The number of hydrogen-bond acceptors (Lipinski definition) is 7. The topological polar surface area (TPSA) is 116 Å². The van der Waals surface area contributed by atoms with Crippen molar-refractivity contribution in [3.63, 3.8) is 0 Å². The van der Waals surface area contributed by atoms with Crippen LogP contribution >= 0.6 is 0 Å². The van der Waals surface area contributed by atoms with Crippen LogP contribution in [-0.4, -0.2) is 57.1 Å². The zero-order chi connectivity index (χ0) is 16.3. The zero-order valence-electron chi connectivity index (χ0n) is 11.9. The average Bonchev–Trinajstić information content (AvgIpc) is 2.49. The maximum absolute atomic E-state index is 11.8. The third-order valence-corrected chi connectivity index (χ3v) is 3.35. The van der Waals surface area contributed by atoms with Gasteiger partial charge >= 0.3 is 5.97 Å². The van der Waals surface area contributed by atoms with Gasteiger partial charge in [-0.25, -0.2) is 4.79 Å². The first-order chi connectivity index (χ1) is 10.4. The highest BCUT2D eigenvalue weighted by atomic mass is 16.7. The number of phenols is 1. The van der Waals surface area contributed by atoms with Gasteiger partial charge < -0.3 is 29.9 Å². The number of carbonyl (C=O) groups excluding carboxylic acids is 1. The largest absolute Gasteiger partial charge is 0.508 e. The first-order valence-electron chi connectivity index (χ1n) is 6.76. The Kier molecular flexibility index (Phi) is 5.15. The summed E-state index contributed by atoms with van der Waals surface area (Å²) >= 11 is 0. The van der Waals surface area contributed by atoms with Gasteiger partial charge in [0.25, 0.3) is 0 Å². The van der Waals surface area contributed by atoms with Crippen LogP contribution < -0.4 is 0 Å². The molecule has 0 unspecified atom stereocenters. The number of aliphatic hydroxyl groups excluding tert-OH is 3. The Morgan fingerprint density at radius 1 is 1.18 bits per heavy atom. The molecule has 0 saturated carbocycles. The minimum absolute atomic E-state index is 0.114. The zero-order valence-corrected chi connectivity index (χ0v) is 11.9. The Bertz CT molecular complexity index is 539. The van der Waals surface area contributed by atoms with Gasteiger partial charge in [-0.15, -0.1) is 0 Å². The van der Waals surface area contributed by atoms with E-state index in [0.29, 0.717) is 5.56 Å². The Morgan fingerprint density at radius 3 is 2.45 bits per heavy atom. The lowest BCUT2D eigenvalue weighted by Gasteiger charge is -2.38. The van der Waals surface area contributed by atoms with Crippen LogP contribution in [0, 0.1) is 0 Å². The number of ether oxygens (including phenoxy) is 2. The Hall–Kier alpha value is -1.93. The fourth-order valence-electron chi connectivity index (χ4n) is 2.11. The first-order valence-corrected chi connectivity index (χ1v) is 6.76. The standard InChI is InChI=1S/C15H18O7/c1-8-14(12(18)13(19)15(20)21-8)22-11(17)7-4-9-2-5-10(16)6-3-9/h2-8,12-16,18-20H,1H3/b7-4+/t8-,12-,13+,14-,15+/m0/s1. The van der Waals surface area contributed by atoms with Crippen molar-refractivity contribution in [3.8, 4) is 5.75 Å². The van der Waals surface area contributed by atoms with E-state index in [1.54, 1.807) is 12.1 Å². The van der Waals surface area contributed by atoms with Crippen LogP contribution in [0.25, 0.3) is 6.08 Å². The summed E-state index contributed by atoms with van der Waals surface area (Å²) in [6, 6.07) is 6.17. The van der Waals surface area contributed by atoms with Crippen LogP contribution in [0.4, 0.5) is 0 Å². The second-order valence-corrected chi connectivity index (χ2v) is 5.04. The molecule has 1 aliphatic rings. The molecular formula is C15H18O7. The lowest BCUT2D eigenvalue weighted by Crippen LogP contribution is -2.57. The molecular weight excluding hydrogens is 292 g/mol. The van der Waals surface area contributed by atoms with Crippen molar-refractivity contribution in [2.24, 2.45) is 0 Å². The predicted molar refractivity (Wildman–Crippen MR) is 75.6 cm³/mol. The smallest absolute Gasteiger partial charge is 0.331 e. The van der Waals surface area contributed by atoms with E-state index >= 15 is 0 Å². The molecule has 120 valence electrons. The molecule has 1 aliphatic heterocycles. The fourth-order valence-corrected chi connectivity index (χ4v) is 2.11. The van der Waals surface area contributed by atoms with E-state index in [-0.39, 0.29) is 5.75 Å². The van der Waals surface area contributed by atoms with Crippen LogP contribution in [0.1, 0.15) is 12.5 Å². The maximum Gasteiger partial charge on any atom is 0.331 e. The van der Waals surface area contributed by atoms with E-state index in [1.807, 2.05) is 0 Å². The molecule has 1 aromatic carbocycles. The molecule has 0 aliphatic carbocycles. The number of benzene rings is 1. The van der Waals surface area contributed by atoms with Crippen LogP contribution in [0.2, 0.25) is 0 Å². The van der Waals surface area contributed by atoms with Crippen LogP contribution in [0.15, 0.2) is 30.3 Å². The predicted octanol–water partition coefficient (Wildman–Crippen LogP) is -0.224. The summed E-state index contributed by atoms with van der Waals surface area (Å²) in [6.07, 6.45) is -3.72. The van der Waals surface area contributed by atoms with Crippen molar-refractivity contribution >= 4 is 12.0 Å². The quantitative estimate of drug-likeness (QED) is 0.450. The number of aliphatic hydroxyl groups is 3. The van der Waals surface area contributed by atoms with Crippen molar-refractivity contribution < 1.29 is 34.7 Å². The van der Waals surface area contributed by atoms with E-state index < -0.39 is 36.7 Å². The normalized spacial score (nSPS) is 32.1. The second-order valence-electron chi connectivity index (χ2n) is 5.04. The van der Waals surface area contributed by atoms with Crippen molar-refractivity contribution in [3.05, 3.63) is 35.9 Å². The molecule has 0 radical (unpaired) electrons. The molecule has 5 atom stereocenters. The molecule has 4 N–H and O–H groups in total. The van der Waals surface area contributed by atoms with Gasteiger partial charge in [-0.3, -0.25) is 0 Å². The molecule has 1 fully saturated rings. The summed E-state index contributed by atoms with van der Waals surface area (Å²) in [7, 11) is 0. The molecule has 1 aromatic rings. The summed E-state index contributed by atoms with van der Waals surface area (Å²) in [5.74, 6) is -0.611. The van der Waals surface area contributed by atoms with Crippen LogP contribution in [-0.2, 0) is 14.3 Å². The monoisotopic (exact) mass is 310 g/mol. The van der Waals surface area contributed by atoms with Crippen molar-refractivity contribution in [1.82, 2.24) is 0 Å². The van der Waals surface area contributed by atoms with Gasteiger partial charge in [-0.05, 0) is 30.7 Å². The molecule has 1 heterocycles. The summed E-state index contributed by atoms with van der Waals surface area (Å²) in [5.41, 5.74) is 0.679. The van der Waals surface area contributed by atoms with Gasteiger partial charge in [0.2, 0.25) is 0 Å². The van der Waals surface area contributed by atoms with E-state index in [1.165, 1.54) is 25.1 Å². The highest BCUT2D eigenvalue weighted by molar-refractivity contribution is 5.87.